The van der Waals surface area contributed by atoms with Gasteiger partial charge in [0.2, 0.25) is 0 Å². The molecule has 5 atom stereocenters. The SMILES string of the molecule is C[C@@H]1O[C@@H](OCCC=O)[C@H](OCc2ccccc2)[C@H](OCc2ccccc2)[C@H]1OCc1ccccc1. The minimum Gasteiger partial charge on any atom is -0.368 e. The minimum absolute atomic E-state index is 0.243. The van der Waals surface area contributed by atoms with Gasteiger partial charge in [0.15, 0.2) is 6.29 Å². The van der Waals surface area contributed by atoms with Crippen molar-refractivity contribution in [2.75, 3.05) is 6.61 Å². The molecule has 0 aromatic heterocycles. The molecule has 6 heteroatoms. The maximum absolute atomic E-state index is 10.9. The van der Waals surface area contributed by atoms with Gasteiger partial charge in [-0.3, -0.25) is 0 Å². The fraction of sp³-hybridized carbons (Fsp3) is 0.367. The number of hydrogen-bond donors (Lipinski definition) is 0. The third-order valence-electron chi connectivity index (χ3n) is 6.10. The molecule has 1 heterocycles. The largest absolute Gasteiger partial charge is 0.368 e. The Balaban J connectivity index is 1.56. The smallest absolute Gasteiger partial charge is 0.186 e. The van der Waals surface area contributed by atoms with E-state index in [4.69, 9.17) is 23.7 Å². The van der Waals surface area contributed by atoms with Gasteiger partial charge in [-0.2, -0.15) is 0 Å². The Kier molecular flexibility index (Phi) is 10.2. The van der Waals surface area contributed by atoms with E-state index in [0.717, 1.165) is 23.0 Å². The van der Waals surface area contributed by atoms with E-state index in [1.54, 1.807) is 0 Å². The molecule has 0 amide bonds. The maximum Gasteiger partial charge on any atom is 0.186 e. The Hall–Kier alpha value is -2.87. The van der Waals surface area contributed by atoms with Crippen molar-refractivity contribution in [3.63, 3.8) is 0 Å². The van der Waals surface area contributed by atoms with E-state index in [-0.39, 0.29) is 25.2 Å². The molecule has 1 aliphatic heterocycles. The van der Waals surface area contributed by atoms with Gasteiger partial charge in [0.05, 0.1) is 32.5 Å². The molecule has 3 aromatic carbocycles. The molecule has 0 N–H and O–H groups in total. The molecule has 0 saturated carbocycles. The molecule has 6 nitrogen and oxygen atoms in total. The first-order chi connectivity index (χ1) is 17.7. The monoisotopic (exact) mass is 490 g/mol. The summed E-state index contributed by atoms with van der Waals surface area (Å²) in [5.41, 5.74) is 3.16. The Morgan fingerprint density at radius 1 is 0.639 bits per heavy atom. The highest BCUT2D eigenvalue weighted by Crippen LogP contribution is 2.31. The van der Waals surface area contributed by atoms with E-state index in [0.29, 0.717) is 19.8 Å². The van der Waals surface area contributed by atoms with Crippen LogP contribution in [0.4, 0.5) is 0 Å². The highest BCUT2D eigenvalue weighted by atomic mass is 16.7. The first-order valence-corrected chi connectivity index (χ1v) is 12.4. The standard InChI is InChI=1S/C30H34O6/c1-23-27(33-20-24-12-5-2-6-13-24)28(34-21-25-14-7-3-8-15-25)29(30(36-23)32-19-11-18-31)35-22-26-16-9-4-10-17-26/h2-10,12-18,23,27-30H,11,19-22H2,1H3/t23-,27-,28+,29+,30+/m0/s1. The van der Waals surface area contributed by atoms with Crippen LogP contribution in [0.25, 0.3) is 0 Å². The number of carbonyl (C=O) groups is 1. The summed E-state index contributed by atoms with van der Waals surface area (Å²) in [7, 11) is 0. The zero-order valence-corrected chi connectivity index (χ0v) is 20.6. The van der Waals surface area contributed by atoms with E-state index in [1.807, 2.05) is 97.9 Å². The topological polar surface area (TPSA) is 63.2 Å². The van der Waals surface area contributed by atoms with Crippen molar-refractivity contribution in [1.29, 1.82) is 0 Å². The summed E-state index contributed by atoms with van der Waals surface area (Å²) in [6.07, 6.45) is -1.29. The molecular formula is C30H34O6. The summed E-state index contributed by atoms with van der Waals surface area (Å²) in [6, 6.07) is 30.0. The normalized spacial score (nSPS) is 23.9. The first-order valence-electron chi connectivity index (χ1n) is 12.4. The van der Waals surface area contributed by atoms with Gasteiger partial charge in [0.25, 0.3) is 0 Å². The van der Waals surface area contributed by atoms with E-state index in [9.17, 15) is 4.79 Å². The number of ether oxygens (including phenoxy) is 5. The van der Waals surface area contributed by atoms with Gasteiger partial charge < -0.3 is 28.5 Å². The second kappa shape index (κ2) is 14.0. The number of aldehydes is 1. The minimum atomic E-state index is -0.694. The number of benzene rings is 3. The molecule has 190 valence electrons. The Morgan fingerprint density at radius 3 is 1.56 bits per heavy atom. The van der Waals surface area contributed by atoms with E-state index < -0.39 is 18.5 Å². The molecule has 0 bridgehead atoms. The van der Waals surface area contributed by atoms with E-state index in [2.05, 4.69) is 0 Å². The van der Waals surface area contributed by atoms with Crippen molar-refractivity contribution >= 4 is 6.29 Å². The second-order valence-corrected chi connectivity index (χ2v) is 8.82. The lowest BCUT2D eigenvalue weighted by molar-refractivity contribution is -0.319. The van der Waals surface area contributed by atoms with Crippen LogP contribution in [-0.4, -0.2) is 43.6 Å². The molecule has 4 rings (SSSR count). The van der Waals surface area contributed by atoms with Gasteiger partial charge in [-0.05, 0) is 23.6 Å². The van der Waals surface area contributed by atoms with Gasteiger partial charge in [0, 0.05) is 6.42 Å². The zero-order chi connectivity index (χ0) is 25.0. The second-order valence-electron chi connectivity index (χ2n) is 8.82. The average Bonchev–Trinajstić information content (AvgIpc) is 2.92. The summed E-state index contributed by atoms with van der Waals surface area (Å²) in [5, 5.41) is 0. The van der Waals surface area contributed by atoms with Crippen LogP contribution >= 0.6 is 0 Å². The number of carbonyl (C=O) groups excluding carboxylic acids is 1. The zero-order valence-electron chi connectivity index (χ0n) is 20.6. The van der Waals surface area contributed by atoms with Crippen LogP contribution in [0.3, 0.4) is 0 Å². The van der Waals surface area contributed by atoms with Gasteiger partial charge in [-0.25, -0.2) is 0 Å². The molecule has 36 heavy (non-hydrogen) atoms. The predicted molar refractivity (Wildman–Crippen MR) is 136 cm³/mol. The summed E-state index contributed by atoms with van der Waals surface area (Å²) in [6.45, 7) is 3.39. The highest BCUT2D eigenvalue weighted by molar-refractivity contribution is 5.49. The van der Waals surface area contributed by atoms with Gasteiger partial charge >= 0.3 is 0 Å². The van der Waals surface area contributed by atoms with Crippen molar-refractivity contribution in [1.82, 2.24) is 0 Å². The third-order valence-corrected chi connectivity index (χ3v) is 6.10. The summed E-state index contributed by atoms with van der Waals surface area (Å²) >= 11 is 0. The first kappa shape index (κ1) is 26.2. The number of rotatable bonds is 13. The lowest BCUT2D eigenvalue weighted by Gasteiger charge is -2.45. The molecule has 3 aromatic rings. The van der Waals surface area contributed by atoms with Crippen LogP contribution in [0, 0.1) is 0 Å². The number of hydrogen-bond acceptors (Lipinski definition) is 6. The van der Waals surface area contributed by atoms with Gasteiger partial charge in [-0.1, -0.05) is 91.0 Å². The average molecular weight is 491 g/mol. The Bertz CT molecular complexity index is 1010. The molecule has 1 saturated heterocycles. The van der Waals surface area contributed by atoms with Crippen LogP contribution < -0.4 is 0 Å². The van der Waals surface area contributed by atoms with Crippen molar-refractivity contribution in [3.8, 4) is 0 Å². The van der Waals surface area contributed by atoms with Crippen LogP contribution in [0.2, 0.25) is 0 Å². The molecule has 0 unspecified atom stereocenters. The quantitative estimate of drug-likeness (QED) is 0.246. The van der Waals surface area contributed by atoms with E-state index >= 15 is 0 Å². The maximum atomic E-state index is 10.9. The fourth-order valence-electron chi connectivity index (χ4n) is 4.24. The highest BCUT2D eigenvalue weighted by Gasteiger charge is 2.47. The van der Waals surface area contributed by atoms with Gasteiger partial charge in [0.1, 0.15) is 24.6 Å². The summed E-state index contributed by atoms with van der Waals surface area (Å²) < 4.78 is 31.5. The lowest BCUT2D eigenvalue weighted by atomic mass is 9.98. The fourth-order valence-corrected chi connectivity index (χ4v) is 4.24. The molecule has 1 aliphatic rings. The Labute approximate surface area is 213 Å². The van der Waals surface area contributed by atoms with Gasteiger partial charge in [-0.15, -0.1) is 0 Å². The third kappa shape index (κ3) is 7.56. The van der Waals surface area contributed by atoms with Crippen LogP contribution in [-0.2, 0) is 48.3 Å². The van der Waals surface area contributed by atoms with Crippen molar-refractivity contribution in [3.05, 3.63) is 108 Å². The van der Waals surface area contributed by atoms with Crippen molar-refractivity contribution in [2.45, 2.75) is 63.9 Å². The predicted octanol–water partition coefficient (Wildman–Crippen LogP) is 5.09. The van der Waals surface area contributed by atoms with Crippen molar-refractivity contribution in [2.24, 2.45) is 0 Å². The molecule has 1 fully saturated rings. The van der Waals surface area contributed by atoms with Crippen LogP contribution in [0.1, 0.15) is 30.0 Å². The van der Waals surface area contributed by atoms with E-state index in [1.165, 1.54) is 0 Å². The van der Waals surface area contributed by atoms with Crippen molar-refractivity contribution < 1.29 is 28.5 Å². The van der Waals surface area contributed by atoms with Crippen LogP contribution in [0.15, 0.2) is 91.0 Å². The molecule has 0 radical (unpaired) electrons. The Morgan fingerprint density at radius 2 is 1.08 bits per heavy atom. The molecule has 0 aliphatic carbocycles. The lowest BCUT2D eigenvalue weighted by Crippen LogP contribution is -2.60. The summed E-state index contributed by atoms with van der Waals surface area (Å²) in [4.78, 5) is 10.9. The summed E-state index contributed by atoms with van der Waals surface area (Å²) in [5.74, 6) is 0. The van der Waals surface area contributed by atoms with Crippen LogP contribution in [0.5, 0.6) is 0 Å². The molecule has 0 spiro atoms. The molecular weight excluding hydrogens is 456 g/mol.